The van der Waals surface area contributed by atoms with Crippen molar-refractivity contribution < 1.29 is 4.74 Å². The van der Waals surface area contributed by atoms with E-state index in [4.69, 9.17) is 15.7 Å². The number of ether oxygens (including phenoxy) is 1. The number of hydrogen-bond donors (Lipinski definition) is 1. The Kier molecular flexibility index (Phi) is 1.98. The molecule has 2 N–H and O–H groups in total. The van der Waals surface area contributed by atoms with Crippen LogP contribution in [0, 0.1) is 11.3 Å². The Bertz CT molecular complexity index is 397. The predicted octanol–water partition coefficient (Wildman–Crippen LogP) is 1.71. The van der Waals surface area contributed by atoms with Crippen molar-refractivity contribution in [2.45, 2.75) is 6.04 Å². The van der Waals surface area contributed by atoms with Crippen LogP contribution >= 0.6 is 15.9 Å². The van der Waals surface area contributed by atoms with Gasteiger partial charge < -0.3 is 10.5 Å². The maximum atomic E-state index is 8.82. The molecule has 1 aromatic carbocycles. The van der Waals surface area contributed by atoms with E-state index in [0.717, 1.165) is 10.0 Å². The average molecular weight is 239 g/mol. The molecule has 0 aromatic heterocycles. The summed E-state index contributed by atoms with van der Waals surface area (Å²) in [6.07, 6.45) is 0. The third-order valence-electron chi connectivity index (χ3n) is 2.01. The maximum Gasteiger partial charge on any atom is 0.142 e. The van der Waals surface area contributed by atoms with Crippen LogP contribution in [-0.2, 0) is 0 Å². The van der Waals surface area contributed by atoms with Gasteiger partial charge in [0.2, 0.25) is 0 Å². The number of nitriles is 1. The number of rotatable bonds is 0. The fraction of sp³-hybridized carbons (Fsp3) is 0.222. The minimum Gasteiger partial charge on any atom is -0.490 e. The Balaban J connectivity index is 2.65. The van der Waals surface area contributed by atoms with Crippen LogP contribution in [0.4, 0.5) is 0 Å². The molecule has 13 heavy (non-hydrogen) atoms. The second kappa shape index (κ2) is 3.02. The zero-order valence-electron chi connectivity index (χ0n) is 6.75. The largest absolute Gasteiger partial charge is 0.490 e. The molecular formula is C9H7BrN2O. The summed E-state index contributed by atoms with van der Waals surface area (Å²) in [6.45, 7) is 0.459. The molecule has 0 saturated heterocycles. The standard InChI is InChI=1S/C9H7BrN2O/c10-6-1-5(3-11)9-7(2-6)8(12)4-13-9/h1-2,8H,4,12H2/t8-/m0/s1. The van der Waals surface area contributed by atoms with E-state index >= 15 is 0 Å². The van der Waals surface area contributed by atoms with E-state index in [-0.39, 0.29) is 6.04 Å². The zero-order valence-corrected chi connectivity index (χ0v) is 8.34. The zero-order chi connectivity index (χ0) is 9.42. The van der Waals surface area contributed by atoms with Crippen molar-refractivity contribution in [1.82, 2.24) is 0 Å². The summed E-state index contributed by atoms with van der Waals surface area (Å²) < 4.78 is 6.18. The van der Waals surface area contributed by atoms with Crippen molar-refractivity contribution in [2.24, 2.45) is 5.73 Å². The lowest BCUT2D eigenvalue weighted by molar-refractivity contribution is 0.332. The highest BCUT2D eigenvalue weighted by molar-refractivity contribution is 9.10. The van der Waals surface area contributed by atoms with Gasteiger partial charge in [-0.1, -0.05) is 15.9 Å². The molecule has 0 saturated carbocycles. The Hall–Kier alpha value is -1.05. The van der Waals surface area contributed by atoms with Crippen molar-refractivity contribution in [2.75, 3.05) is 6.61 Å². The van der Waals surface area contributed by atoms with E-state index in [1.165, 1.54) is 0 Å². The maximum absolute atomic E-state index is 8.82. The molecular weight excluding hydrogens is 232 g/mol. The molecule has 0 bridgehead atoms. The van der Waals surface area contributed by atoms with Gasteiger partial charge in [0.1, 0.15) is 18.4 Å². The quantitative estimate of drug-likeness (QED) is 0.749. The lowest BCUT2D eigenvalue weighted by atomic mass is 10.1. The van der Waals surface area contributed by atoms with Crippen LogP contribution in [0.15, 0.2) is 16.6 Å². The molecule has 1 atom stereocenters. The SMILES string of the molecule is N#Cc1cc(Br)cc2c1OC[C@@H]2N. The van der Waals surface area contributed by atoms with Crippen molar-refractivity contribution in [3.63, 3.8) is 0 Å². The molecule has 0 radical (unpaired) electrons. The number of benzene rings is 1. The summed E-state index contributed by atoms with van der Waals surface area (Å²) in [5.74, 6) is 0.637. The third kappa shape index (κ3) is 1.30. The number of halogens is 1. The highest BCUT2D eigenvalue weighted by atomic mass is 79.9. The minimum absolute atomic E-state index is 0.111. The van der Waals surface area contributed by atoms with E-state index in [1.807, 2.05) is 6.07 Å². The van der Waals surface area contributed by atoms with Crippen LogP contribution in [0.2, 0.25) is 0 Å². The van der Waals surface area contributed by atoms with Crippen molar-refractivity contribution in [3.05, 3.63) is 27.7 Å². The first-order valence-electron chi connectivity index (χ1n) is 3.84. The lowest BCUT2D eigenvalue weighted by Crippen LogP contribution is -2.10. The smallest absolute Gasteiger partial charge is 0.142 e. The molecule has 4 heteroatoms. The van der Waals surface area contributed by atoms with Gasteiger partial charge in [-0.3, -0.25) is 0 Å². The van der Waals surface area contributed by atoms with Crippen LogP contribution < -0.4 is 10.5 Å². The normalized spacial score (nSPS) is 19.0. The highest BCUT2D eigenvalue weighted by Gasteiger charge is 2.24. The van der Waals surface area contributed by atoms with Crippen LogP contribution in [0.3, 0.4) is 0 Å². The fourth-order valence-corrected chi connectivity index (χ4v) is 1.87. The summed E-state index contributed by atoms with van der Waals surface area (Å²) in [5, 5.41) is 8.82. The van der Waals surface area contributed by atoms with Gasteiger partial charge in [-0.25, -0.2) is 0 Å². The van der Waals surface area contributed by atoms with E-state index in [1.54, 1.807) is 6.07 Å². The van der Waals surface area contributed by atoms with Gasteiger partial charge in [0.05, 0.1) is 11.6 Å². The summed E-state index contributed by atoms with van der Waals surface area (Å²) in [7, 11) is 0. The molecule has 0 amide bonds. The molecule has 0 aliphatic carbocycles. The van der Waals surface area contributed by atoms with E-state index < -0.39 is 0 Å². The molecule has 2 rings (SSSR count). The number of nitrogens with zero attached hydrogens (tertiary/aromatic N) is 1. The van der Waals surface area contributed by atoms with Crippen molar-refractivity contribution in [1.29, 1.82) is 5.26 Å². The Morgan fingerprint density at radius 1 is 1.62 bits per heavy atom. The Morgan fingerprint density at radius 2 is 2.38 bits per heavy atom. The second-order valence-corrected chi connectivity index (χ2v) is 3.82. The van der Waals surface area contributed by atoms with E-state index in [0.29, 0.717) is 17.9 Å². The molecule has 0 fully saturated rings. The van der Waals surface area contributed by atoms with Crippen LogP contribution in [0.5, 0.6) is 5.75 Å². The van der Waals surface area contributed by atoms with Crippen LogP contribution in [-0.4, -0.2) is 6.61 Å². The summed E-state index contributed by atoms with van der Waals surface area (Å²) in [6, 6.07) is 5.60. The second-order valence-electron chi connectivity index (χ2n) is 2.90. The first kappa shape index (κ1) is 8.54. The number of nitrogens with two attached hydrogens (primary N) is 1. The van der Waals surface area contributed by atoms with Gasteiger partial charge in [0.15, 0.2) is 0 Å². The van der Waals surface area contributed by atoms with E-state index in [9.17, 15) is 0 Å². The highest BCUT2D eigenvalue weighted by Crippen LogP contribution is 2.36. The fourth-order valence-electron chi connectivity index (χ4n) is 1.40. The first-order valence-corrected chi connectivity index (χ1v) is 4.63. The van der Waals surface area contributed by atoms with Gasteiger partial charge in [-0.15, -0.1) is 0 Å². The minimum atomic E-state index is -0.111. The molecule has 1 aliphatic heterocycles. The van der Waals surface area contributed by atoms with Crippen LogP contribution in [0.1, 0.15) is 17.2 Å². The van der Waals surface area contributed by atoms with Gasteiger partial charge in [0.25, 0.3) is 0 Å². The number of hydrogen-bond acceptors (Lipinski definition) is 3. The third-order valence-corrected chi connectivity index (χ3v) is 2.47. The van der Waals surface area contributed by atoms with E-state index in [2.05, 4.69) is 22.0 Å². The molecule has 1 aromatic rings. The summed E-state index contributed by atoms with van der Waals surface area (Å²) in [5.41, 5.74) is 7.23. The molecule has 0 spiro atoms. The molecule has 66 valence electrons. The molecule has 1 heterocycles. The Morgan fingerprint density at radius 3 is 3.08 bits per heavy atom. The van der Waals surface area contributed by atoms with Gasteiger partial charge in [-0.2, -0.15) is 5.26 Å². The van der Waals surface area contributed by atoms with Gasteiger partial charge in [0, 0.05) is 10.0 Å². The molecule has 1 aliphatic rings. The van der Waals surface area contributed by atoms with Crippen LogP contribution in [0.25, 0.3) is 0 Å². The van der Waals surface area contributed by atoms with Gasteiger partial charge >= 0.3 is 0 Å². The topological polar surface area (TPSA) is 59.0 Å². The molecule has 0 unspecified atom stereocenters. The van der Waals surface area contributed by atoms with Gasteiger partial charge in [-0.05, 0) is 12.1 Å². The number of fused-ring (bicyclic) bond motifs is 1. The predicted molar refractivity (Wildman–Crippen MR) is 51.3 cm³/mol. The molecule has 3 nitrogen and oxygen atoms in total. The summed E-state index contributed by atoms with van der Waals surface area (Å²) >= 11 is 3.32. The Labute approximate surface area is 84.2 Å². The lowest BCUT2D eigenvalue weighted by Gasteiger charge is -2.02. The van der Waals surface area contributed by atoms with Crippen molar-refractivity contribution >= 4 is 15.9 Å². The summed E-state index contributed by atoms with van der Waals surface area (Å²) in [4.78, 5) is 0. The van der Waals surface area contributed by atoms with Crippen molar-refractivity contribution in [3.8, 4) is 11.8 Å². The first-order chi connectivity index (χ1) is 6.22. The monoisotopic (exact) mass is 238 g/mol. The average Bonchev–Trinajstić information content (AvgIpc) is 2.47.